The highest BCUT2D eigenvalue weighted by atomic mass is 16.5. The van der Waals surface area contributed by atoms with Gasteiger partial charge in [0, 0.05) is 12.8 Å². The average Bonchev–Trinajstić information content (AvgIpc) is 3.30. The van der Waals surface area contributed by atoms with Crippen LogP contribution >= 0.6 is 0 Å². The quantitative estimate of drug-likeness (QED) is 0.444. The minimum Gasteiger partial charge on any atom is -0.494 e. The van der Waals surface area contributed by atoms with Gasteiger partial charge in [0.2, 0.25) is 5.88 Å². The van der Waals surface area contributed by atoms with Crippen LogP contribution in [0.1, 0.15) is 31.1 Å². The van der Waals surface area contributed by atoms with E-state index in [1.807, 2.05) is 31.2 Å². The van der Waals surface area contributed by atoms with E-state index in [1.165, 1.54) is 11.8 Å². The Morgan fingerprint density at radius 2 is 2.09 bits per heavy atom. The van der Waals surface area contributed by atoms with Crippen LogP contribution in [0.15, 0.2) is 58.2 Å². The first-order valence-corrected chi connectivity index (χ1v) is 10.5. The molecule has 164 valence electrons. The van der Waals surface area contributed by atoms with Crippen molar-refractivity contribution in [3.05, 3.63) is 64.9 Å². The molecule has 1 atom stereocenters. The van der Waals surface area contributed by atoms with Crippen molar-refractivity contribution < 1.29 is 18.6 Å². The van der Waals surface area contributed by atoms with Gasteiger partial charge in [-0.05, 0) is 61.6 Å². The lowest BCUT2D eigenvalue weighted by atomic mass is 10.0. The molecule has 1 aliphatic rings. The maximum Gasteiger partial charge on any atom is 0.280 e. The van der Waals surface area contributed by atoms with Gasteiger partial charge in [-0.25, -0.2) is 9.67 Å². The van der Waals surface area contributed by atoms with Crippen LogP contribution in [0.2, 0.25) is 0 Å². The lowest BCUT2D eigenvalue weighted by Gasteiger charge is -2.24. The number of nitrogens with zero attached hydrogens (tertiary/aromatic N) is 3. The summed E-state index contributed by atoms with van der Waals surface area (Å²) in [6.07, 6.45) is 7.22. The Balaban J connectivity index is 1.52. The summed E-state index contributed by atoms with van der Waals surface area (Å²) in [6, 6.07) is 9.13. The third kappa shape index (κ3) is 3.62. The molecule has 1 unspecified atom stereocenters. The third-order valence-electron chi connectivity index (χ3n) is 5.64. The van der Waals surface area contributed by atoms with Crippen LogP contribution in [0.4, 0.5) is 0 Å². The van der Waals surface area contributed by atoms with E-state index < -0.39 is 0 Å². The van der Waals surface area contributed by atoms with Crippen LogP contribution < -0.4 is 15.0 Å². The van der Waals surface area contributed by atoms with Crippen molar-refractivity contribution in [1.82, 2.24) is 14.8 Å². The van der Waals surface area contributed by atoms with Crippen molar-refractivity contribution in [2.24, 2.45) is 0 Å². The van der Waals surface area contributed by atoms with E-state index in [-0.39, 0.29) is 11.8 Å². The summed E-state index contributed by atoms with van der Waals surface area (Å²) in [4.78, 5) is 17.7. The number of aryl methyl sites for hydroxylation is 1. The van der Waals surface area contributed by atoms with Crippen molar-refractivity contribution in [2.75, 3.05) is 13.7 Å². The fourth-order valence-electron chi connectivity index (χ4n) is 4.02. The molecule has 1 fully saturated rings. The second kappa shape index (κ2) is 8.47. The molecule has 0 N–H and O–H groups in total. The van der Waals surface area contributed by atoms with Crippen LogP contribution in [0.25, 0.3) is 22.1 Å². The molecule has 3 aromatic heterocycles. The molecular formula is C24H23N3O5. The van der Waals surface area contributed by atoms with Gasteiger partial charge in [-0.1, -0.05) is 6.07 Å². The van der Waals surface area contributed by atoms with E-state index in [9.17, 15) is 4.79 Å². The molecule has 0 aliphatic carbocycles. The van der Waals surface area contributed by atoms with E-state index in [1.54, 1.807) is 24.7 Å². The Labute approximate surface area is 184 Å². The smallest absolute Gasteiger partial charge is 0.280 e. The van der Waals surface area contributed by atoms with Gasteiger partial charge in [-0.3, -0.25) is 4.79 Å². The minimum absolute atomic E-state index is 0.238. The topological polar surface area (TPSA) is 88.6 Å². The predicted molar refractivity (Wildman–Crippen MR) is 118 cm³/mol. The van der Waals surface area contributed by atoms with Crippen molar-refractivity contribution in [1.29, 1.82) is 0 Å². The summed E-state index contributed by atoms with van der Waals surface area (Å²) in [7, 11) is 1.53. The van der Waals surface area contributed by atoms with Gasteiger partial charge >= 0.3 is 0 Å². The molecule has 5 rings (SSSR count). The second-order valence-electron chi connectivity index (χ2n) is 7.69. The van der Waals surface area contributed by atoms with E-state index >= 15 is 0 Å². The Hall–Kier alpha value is -3.65. The zero-order valence-electron chi connectivity index (χ0n) is 17.9. The van der Waals surface area contributed by atoms with Gasteiger partial charge in [-0.2, -0.15) is 5.10 Å². The first-order valence-electron chi connectivity index (χ1n) is 10.5. The highest BCUT2D eigenvalue weighted by Crippen LogP contribution is 2.34. The number of ether oxygens (including phenoxy) is 3. The molecule has 0 spiro atoms. The highest BCUT2D eigenvalue weighted by Gasteiger charge is 2.23. The van der Waals surface area contributed by atoms with E-state index in [0.717, 1.165) is 35.8 Å². The maximum absolute atomic E-state index is 13.4. The zero-order valence-corrected chi connectivity index (χ0v) is 17.9. The van der Waals surface area contributed by atoms with E-state index in [0.29, 0.717) is 35.1 Å². The number of aromatic nitrogens is 3. The zero-order chi connectivity index (χ0) is 22.1. The van der Waals surface area contributed by atoms with E-state index in [4.69, 9.17) is 18.6 Å². The number of fused-ring (bicyclic) bond motifs is 1. The number of hydrogen-bond donors (Lipinski definition) is 0. The monoisotopic (exact) mass is 433 g/mol. The summed E-state index contributed by atoms with van der Waals surface area (Å²) in [5.74, 6) is 1.49. The van der Waals surface area contributed by atoms with Crippen molar-refractivity contribution in [2.45, 2.75) is 32.4 Å². The Kier molecular flexibility index (Phi) is 5.36. The number of pyridine rings is 1. The van der Waals surface area contributed by atoms with Crippen LogP contribution in [0.5, 0.6) is 17.4 Å². The van der Waals surface area contributed by atoms with Crippen LogP contribution in [0, 0.1) is 6.92 Å². The van der Waals surface area contributed by atoms with E-state index in [2.05, 4.69) is 10.1 Å². The molecule has 4 heterocycles. The number of rotatable bonds is 5. The first-order chi connectivity index (χ1) is 15.7. The van der Waals surface area contributed by atoms with Crippen LogP contribution in [-0.2, 0) is 4.74 Å². The van der Waals surface area contributed by atoms with Gasteiger partial charge in [0.15, 0.2) is 12.0 Å². The molecule has 0 bridgehead atoms. The fraction of sp³-hybridized carbons (Fsp3) is 0.292. The molecule has 1 saturated heterocycles. The number of methoxy groups -OCH3 is 1. The molecule has 32 heavy (non-hydrogen) atoms. The van der Waals surface area contributed by atoms with Gasteiger partial charge in [-0.15, -0.1) is 0 Å². The molecule has 8 nitrogen and oxygen atoms in total. The molecule has 4 aromatic rings. The Morgan fingerprint density at radius 3 is 2.88 bits per heavy atom. The highest BCUT2D eigenvalue weighted by molar-refractivity contribution is 5.82. The summed E-state index contributed by atoms with van der Waals surface area (Å²) in [5.41, 5.74) is 2.53. The fourth-order valence-corrected chi connectivity index (χ4v) is 4.02. The first kappa shape index (κ1) is 20.3. The van der Waals surface area contributed by atoms with Crippen molar-refractivity contribution >= 4 is 11.0 Å². The maximum atomic E-state index is 13.4. The summed E-state index contributed by atoms with van der Waals surface area (Å²) >= 11 is 0. The van der Waals surface area contributed by atoms with Gasteiger partial charge < -0.3 is 18.6 Å². The SMILES string of the molecule is COc1cnn(C2CCCCO2)c(=O)c1-c1ccc(Oc2nccc3occc23)cc1C. The van der Waals surface area contributed by atoms with Crippen LogP contribution in [0.3, 0.4) is 0 Å². The van der Waals surface area contributed by atoms with Crippen LogP contribution in [-0.4, -0.2) is 28.5 Å². The molecule has 1 aliphatic heterocycles. The largest absolute Gasteiger partial charge is 0.494 e. The predicted octanol–water partition coefficient (Wildman–Crippen LogP) is 4.86. The van der Waals surface area contributed by atoms with Gasteiger partial charge in [0.25, 0.3) is 5.56 Å². The number of furan rings is 1. The Bertz CT molecular complexity index is 1320. The second-order valence-corrected chi connectivity index (χ2v) is 7.69. The normalized spacial score (nSPS) is 16.2. The average molecular weight is 433 g/mol. The van der Waals surface area contributed by atoms with Gasteiger partial charge in [0.05, 0.1) is 30.5 Å². The van der Waals surface area contributed by atoms with Crippen molar-refractivity contribution in [3.8, 4) is 28.5 Å². The molecule has 0 saturated carbocycles. The lowest BCUT2D eigenvalue weighted by Crippen LogP contribution is -2.32. The number of hydrogen-bond acceptors (Lipinski definition) is 7. The number of benzene rings is 1. The molecule has 0 amide bonds. The standard InChI is InChI=1S/C24H23N3O5/c1-15-13-16(32-23-18-9-12-30-19(18)8-10-25-23)6-7-17(15)22-20(29-2)14-26-27(24(22)28)21-5-3-4-11-31-21/h6-10,12-14,21H,3-5,11H2,1-2H3. The minimum atomic E-state index is -0.356. The summed E-state index contributed by atoms with van der Waals surface area (Å²) in [5, 5.41) is 5.09. The Morgan fingerprint density at radius 1 is 1.19 bits per heavy atom. The molecule has 0 radical (unpaired) electrons. The third-order valence-corrected chi connectivity index (χ3v) is 5.64. The summed E-state index contributed by atoms with van der Waals surface area (Å²) in [6.45, 7) is 2.55. The van der Waals surface area contributed by atoms with Gasteiger partial charge in [0.1, 0.15) is 11.3 Å². The molecule has 1 aromatic carbocycles. The summed E-state index contributed by atoms with van der Waals surface area (Å²) < 4.78 is 24.1. The van der Waals surface area contributed by atoms with Crippen molar-refractivity contribution in [3.63, 3.8) is 0 Å². The molecule has 8 heteroatoms. The lowest BCUT2D eigenvalue weighted by molar-refractivity contribution is -0.0424. The molecular weight excluding hydrogens is 410 g/mol.